The normalized spacial score (nSPS) is 11.2. The zero-order chi connectivity index (χ0) is 22.9. The Kier molecular flexibility index (Phi) is 7.73. The zero-order valence-electron chi connectivity index (χ0n) is 17.2. The van der Waals surface area contributed by atoms with Crippen LogP contribution in [0.4, 0.5) is 0 Å². The molecule has 0 aliphatic rings. The number of amides is 1. The number of rotatable bonds is 9. The van der Waals surface area contributed by atoms with Gasteiger partial charge in [0.25, 0.3) is 5.91 Å². The Hall–Kier alpha value is -3.19. The molecule has 0 atom stereocenters. The van der Waals surface area contributed by atoms with E-state index in [1.807, 2.05) is 18.2 Å². The molecular weight excluding hydrogens is 560 g/mol. The fraction of sp³-hybridized carbons (Fsp3) is 0.211. The summed E-state index contributed by atoms with van der Waals surface area (Å²) in [5.41, 5.74) is 2.68. The molecule has 0 aliphatic heterocycles. The minimum Gasteiger partial charge on any atom is -0.352 e. The van der Waals surface area contributed by atoms with Crippen molar-refractivity contribution < 1.29 is 4.79 Å². The lowest BCUT2D eigenvalue weighted by molar-refractivity contribution is 0.0953. The molecule has 0 bridgehead atoms. The fourth-order valence-corrected chi connectivity index (χ4v) is 7.25. The van der Waals surface area contributed by atoms with Gasteiger partial charge in [-0.15, -0.1) is 15.3 Å². The third-order valence-electron chi connectivity index (χ3n) is 4.84. The van der Waals surface area contributed by atoms with Crippen LogP contribution in [-0.4, -0.2) is 69.8 Å². The summed E-state index contributed by atoms with van der Waals surface area (Å²) >= 11 is 2.10. The Morgan fingerprint density at radius 2 is 1.39 bits per heavy atom. The average Bonchev–Trinajstić information content (AvgIpc) is 2.88. The van der Waals surface area contributed by atoms with E-state index in [2.05, 4.69) is 79.1 Å². The maximum absolute atomic E-state index is 12.4. The lowest BCUT2D eigenvalue weighted by atomic mass is 10.2. The molecule has 14 heteroatoms. The molecule has 0 fully saturated rings. The van der Waals surface area contributed by atoms with Crippen molar-refractivity contribution in [1.29, 1.82) is 0 Å². The SMILES string of the molecule is O=C(NCCCC[P+](c1ccnnn1)(c1ccnnn1)c1ccnnn1)c1ccc([131I])nc1. The molecule has 0 aromatic carbocycles. The predicted molar refractivity (Wildman–Crippen MR) is 129 cm³/mol. The van der Waals surface area contributed by atoms with E-state index in [-0.39, 0.29) is 5.91 Å². The first-order valence-electron chi connectivity index (χ1n) is 9.93. The summed E-state index contributed by atoms with van der Waals surface area (Å²) < 4.78 is 0.835. The van der Waals surface area contributed by atoms with Crippen molar-refractivity contribution in [2.24, 2.45) is 0 Å². The Labute approximate surface area is 202 Å². The van der Waals surface area contributed by atoms with Gasteiger partial charge in [-0.3, -0.25) is 4.79 Å². The minimum absolute atomic E-state index is 0.153. The molecule has 4 aromatic heterocycles. The third-order valence-corrected chi connectivity index (χ3v) is 9.52. The second kappa shape index (κ2) is 11.1. The molecule has 166 valence electrons. The number of hydrogen-bond acceptors (Lipinski definition) is 11. The fourth-order valence-electron chi connectivity index (χ4n) is 3.30. The summed E-state index contributed by atoms with van der Waals surface area (Å²) in [4.78, 5) is 16.5. The van der Waals surface area contributed by atoms with E-state index >= 15 is 0 Å². The number of carbonyl (C=O) groups is 1. The molecule has 4 rings (SSSR count). The van der Waals surface area contributed by atoms with Gasteiger partial charge in [0, 0.05) is 30.9 Å². The maximum atomic E-state index is 12.4. The van der Waals surface area contributed by atoms with Crippen LogP contribution in [0.15, 0.2) is 55.1 Å². The zero-order valence-corrected chi connectivity index (χ0v) is 20.3. The van der Waals surface area contributed by atoms with Gasteiger partial charge in [-0.25, -0.2) is 4.98 Å². The van der Waals surface area contributed by atoms with Crippen LogP contribution in [-0.2, 0) is 0 Å². The summed E-state index contributed by atoms with van der Waals surface area (Å²) in [5, 5.41) is 38.9. The minimum atomic E-state index is -2.45. The largest absolute Gasteiger partial charge is 0.352 e. The molecule has 0 radical (unpaired) electrons. The van der Waals surface area contributed by atoms with Crippen molar-refractivity contribution in [3.63, 3.8) is 0 Å². The van der Waals surface area contributed by atoms with Crippen LogP contribution in [0, 0.1) is 3.70 Å². The molecule has 1 amide bonds. The molecule has 12 nitrogen and oxygen atoms in total. The van der Waals surface area contributed by atoms with Crippen molar-refractivity contribution in [3.05, 3.63) is 64.4 Å². The number of pyridine rings is 1. The molecule has 0 aliphatic carbocycles. The standard InChI is InChI=1S/C19H17IN11OP/c20-15-4-3-14(13-22-15)19(32)21-8-1-2-12-33(16-5-9-23-29-26-16,17-6-10-24-30-27-17)18-7-11-25-31-28-18/h3-7,9-11,13H,1-2,8,12H2/p+1/i20+4. The smallest absolute Gasteiger partial charge is 0.252 e. The molecule has 0 unspecified atom stereocenters. The lowest BCUT2D eigenvalue weighted by Gasteiger charge is -2.22. The van der Waals surface area contributed by atoms with Crippen LogP contribution >= 0.6 is 29.9 Å². The topological polar surface area (TPSA) is 158 Å². The van der Waals surface area contributed by atoms with Gasteiger partial charge in [-0.1, -0.05) is 15.3 Å². The molecule has 0 saturated carbocycles. The van der Waals surface area contributed by atoms with E-state index in [0.717, 1.165) is 16.5 Å². The van der Waals surface area contributed by atoms with Crippen LogP contribution in [0.1, 0.15) is 23.2 Å². The Balaban J connectivity index is 1.53. The second-order valence-corrected chi connectivity index (χ2v) is 11.3. The summed E-state index contributed by atoms with van der Waals surface area (Å²) in [7, 11) is -2.45. The van der Waals surface area contributed by atoms with Gasteiger partial charge in [0.2, 0.25) is 16.3 Å². The van der Waals surface area contributed by atoms with Crippen LogP contribution in [0.2, 0.25) is 0 Å². The molecule has 0 spiro atoms. The van der Waals surface area contributed by atoms with E-state index in [4.69, 9.17) is 0 Å². The van der Waals surface area contributed by atoms with E-state index in [1.54, 1.807) is 36.9 Å². The van der Waals surface area contributed by atoms with Crippen LogP contribution in [0.25, 0.3) is 0 Å². The van der Waals surface area contributed by atoms with Crippen molar-refractivity contribution in [2.75, 3.05) is 12.7 Å². The molecule has 4 heterocycles. The maximum Gasteiger partial charge on any atom is 0.252 e. The van der Waals surface area contributed by atoms with Gasteiger partial charge in [-0.05, 0) is 63.2 Å². The summed E-state index contributed by atoms with van der Waals surface area (Å²) in [6.45, 7) is 0.511. The highest BCUT2D eigenvalue weighted by Crippen LogP contribution is 2.53. The van der Waals surface area contributed by atoms with E-state index < -0.39 is 7.26 Å². The number of aromatic nitrogens is 10. The summed E-state index contributed by atoms with van der Waals surface area (Å²) in [6, 6.07) is 9.01. The first kappa shape index (κ1) is 23.0. The van der Waals surface area contributed by atoms with Crippen LogP contribution in [0.3, 0.4) is 0 Å². The number of nitrogens with one attached hydrogen (secondary N) is 1. The monoisotopic (exact) mass is 578 g/mol. The average molecular weight is 578 g/mol. The van der Waals surface area contributed by atoms with Crippen LogP contribution in [0.5, 0.6) is 0 Å². The van der Waals surface area contributed by atoms with E-state index in [1.165, 1.54) is 0 Å². The number of unbranched alkanes of at least 4 members (excludes halogenated alkanes) is 1. The van der Waals surface area contributed by atoms with Gasteiger partial charge >= 0.3 is 0 Å². The molecule has 33 heavy (non-hydrogen) atoms. The Morgan fingerprint density at radius 3 is 1.85 bits per heavy atom. The number of hydrogen-bond donors (Lipinski definition) is 1. The molecule has 0 saturated heterocycles. The first-order valence-corrected chi connectivity index (χ1v) is 13.0. The van der Waals surface area contributed by atoms with Gasteiger partial charge in [-0.2, -0.15) is 0 Å². The van der Waals surface area contributed by atoms with E-state index in [0.29, 0.717) is 34.6 Å². The van der Waals surface area contributed by atoms with Crippen molar-refractivity contribution >= 4 is 52.1 Å². The Bertz CT molecular complexity index is 1070. The lowest BCUT2D eigenvalue weighted by Crippen LogP contribution is -2.39. The number of halogens is 1. The quantitative estimate of drug-likeness (QED) is 0.121. The summed E-state index contributed by atoms with van der Waals surface area (Å²) in [5.74, 6) is -0.153. The van der Waals surface area contributed by atoms with Crippen molar-refractivity contribution in [3.8, 4) is 0 Å². The Morgan fingerprint density at radius 1 is 0.818 bits per heavy atom. The second-order valence-electron chi connectivity index (χ2n) is 6.80. The molecular formula is C19H18IN11OP+. The van der Waals surface area contributed by atoms with Crippen LogP contribution < -0.4 is 21.6 Å². The van der Waals surface area contributed by atoms with Crippen molar-refractivity contribution in [2.45, 2.75) is 12.8 Å². The van der Waals surface area contributed by atoms with Gasteiger partial charge in [0.05, 0.1) is 30.3 Å². The number of nitrogens with zero attached hydrogens (tertiary/aromatic N) is 10. The molecule has 4 aromatic rings. The number of carbonyl (C=O) groups excluding carboxylic acids is 1. The van der Waals surface area contributed by atoms with Gasteiger partial charge in [0.1, 0.15) is 3.70 Å². The highest BCUT2D eigenvalue weighted by Gasteiger charge is 2.50. The molecule has 1 N–H and O–H groups in total. The van der Waals surface area contributed by atoms with Gasteiger partial charge < -0.3 is 5.32 Å². The summed E-state index contributed by atoms with van der Waals surface area (Å²) in [6.07, 6.45) is 8.52. The van der Waals surface area contributed by atoms with Gasteiger partial charge in [0.15, 0.2) is 7.26 Å². The first-order chi connectivity index (χ1) is 16.2. The van der Waals surface area contributed by atoms with E-state index in [9.17, 15) is 4.79 Å². The highest BCUT2D eigenvalue weighted by molar-refractivity contribution is 14.1. The predicted octanol–water partition coefficient (Wildman–Crippen LogP) is -0.255. The highest BCUT2D eigenvalue weighted by atomic mass is 131. The third kappa shape index (κ3) is 5.42. The van der Waals surface area contributed by atoms with Crippen molar-refractivity contribution in [1.82, 2.24) is 56.5 Å².